The number of rotatable bonds is 5. The number of nitrogens with one attached hydrogen (secondary N) is 1. The van der Waals surface area contributed by atoms with Gasteiger partial charge in [-0.1, -0.05) is 48.5 Å². The van der Waals surface area contributed by atoms with E-state index in [1.54, 1.807) is 18.0 Å². The van der Waals surface area contributed by atoms with E-state index in [1.165, 1.54) is 6.33 Å². The number of benzene rings is 2. The third-order valence-electron chi connectivity index (χ3n) is 3.54. The molecule has 0 radical (unpaired) electrons. The number of aromatic nitrogens is 2. The van der Waals surface area contributed by atoms with Crippen molar-refractivity contribution in [3.8, 4) is 0 Å². The maximum Gasteiger partial charge on any atom is 0.272 e. The second kappa shape index (κ2) is 7.37. The molecule has 0 saturated heterocycles. The van der Waals surface area contributed by atoms with Gasteiger partial charge in [-0.2, -0.15) is 0 Å². The molecular formula is C19H18N4O. The maximum absolute atomic E-state index is 12.6. The molecule has 5 heteroatoms. The van der Waals surface area contributed by atoms with Gasteiger partial charge in [0.05, 0.1) is 0 Å². The van der Waals surface area contributed by atoms with E-state index in [1.807, 2.05) is 60.7 Å². The molecule has 0 atom stereocenters. The van der Waals surface area contributed by atoms with Gasteiger partial charge in [-0.05, 0) is 17.7 Å². The number of carbonyl (C=O) groups is 1. The molecule has 1 aromatic heterocycles. The minimum absolute atomic E-state index is 0.141. The molecule has 1 amide bonds. The van der Waals surface area contributed by atoms with Gasteiger partial charge in [-0.3, -0.25) is 4.79 Å². The van der Waals surface area contributed by atoms with Crippen LogP contribution in [-0.2, 0) is 6.54 Å². The lowest BCUT2D eigenvalue weighted by Crippen LogP contribution is -2.27. The Kier molecular flexibility index (Phi) is 4.81. The summed E-state index contributed by atoms with van der Waals surface area (Å²) in [5, 5.41) is 3.17. The van der Waals surface area contributed by atoms with E-state index in [9.17, 15) is 4.79 Å². The van der Waals surface area contributed by atoms with Crippen LogP contribution in [0.15, 0.2) is 73.1 Å². The number of anilines is 2. The second-order valence-electron chi connectivity index (χ2n) is 5.43. The fourth-order valence-corrected chi connectivity index (χ4v) is 2.34. The molecule has 0 bridgehead atoms. The van der Waals surface area contributed by atoms with Crippen LogP contribution < -0.4 is 5.32 Å². The highest BCUT2D eigenvalue weighted by molar-refractivity contribution is 5.92. The van der Waals surface area contributed by atoms with Gasteiger partial charge in [-0.15, -0.1) is 0 Å². The molecule has 0 aliphatic heterocycles. The van der Waals surface area contributed by atoms with E-state index in [0.29, 0.717) is 18.1 Å². The Bertz CT molecular complexity index is 806. The zero-order valence-corrected chi connectivity index (χ0v) is 13.4. The third-order valence-corrected chi connectivity index (χ3v) is 3.54. The molecule has 120 valence electrons. The van der Waals surface area contributed by atoms with Gasteiger partial charge in [0.1, 0.15) is 17.8 Å². The Balaban J connectivity index is 1.72. The molecule has 0 spiro atoms. The highest BCUT2D eigenvalue weighted by Gasteiger charge is 2.14. The van der Waals surface area contributed by atoms with Crippen LogP contribution in [-0.4, -0.2) is 27.8 Å². The lowest BCUT2D eigenvalue weighted by Gasteiger charge is -2.17. The fraction of sp³-hybridized carbons (Fsp3) is 0.105. The van der Waals surface area contributed by atoms with Crippen LogP contribution in [0, 0.1) is 0 Å². The van der Waals surface area contributed by atoms with Crippen molar-refractivity contribution in [2.24, 2.45) is 0 Å². The van der Waals surface area contributed by atoms with Gasteiger partial charge in [0, 0.05) is 25.3 Å². The average molecular weight is 318 g/mol. The molecule has 0 fully saturated rings. The summed E-state index contributed by atoms with van der Waals surface area (Å²) in [7, 11) is 1.77. The molecule has 0 aliphatic carbocycles. The smallest absolute Gasteiger partial charge is 0.272 e. The monoisotopic (exact) mass is 318 g/mol. The topological polar surface area (TPSA) is 58.1 Å². The van der Waals surface area contributed by atoms with Crippen molar-refractivity contribution >= 4 is 17.4 Å². The minimum Gasteiger partial charge on any atom is -0.340 e. The van der Waals surface area contributed by atoms with Gasteiger partial charge >= 0.3 is 0 Å². The molecule has 2 aromatic carbocycles. The van der Waals surface area contributed by atoms with Gasteiger partial charge in [0.2, 0.25) is 0 Å². The van der Waals surface area contributed by atoms with Crippen LogP contribution in [0.2, 0.25) is 0 Å². The van der Waals surface area contributed by atoms with Crippen molar-refractivity contribution in [3.05, 3.63) is 84.3 Å². The Labute approximate surface area is 141 Å². The standard InChI is InChI=1S/C19H18N4O/c1-23(13-15-8-4-2-5-9-15)19(24)17-12-18(21-14-20-17)22-16-10-6-3-7-11-16/h2-12,14H,13H2,1H3,(H,20,21,22). The van der Waals surface area contributed by atoms with E-state index >= 15 is 0 Å². The molecule has 3 aromatic rings. The number of para-hydroxylation sites is 1. The number of hydrogen-bond acceptors (Lipinski definition) is 4. The number of carbonyl (C=O) groups excluding carboxylic acids is 1. The summed E-state index contributed by atoms with van der Waals surface area (Å²) in [4.78, 5) is 22.5. The van der Waals surface area contributed by atoms with E-state index in [-0.39, 0.29) is 5.91 Å². The minimum atomic E-state index is -0.141. The van der Waals surface area contributed by atoms with Crippen molar-refractivity contribution in [2.45, 2.75) is 6.54 Å². The third kappa shape index (κ3) is 3.95. The van der Waals surface area contributed by atoms with Crippen LogP contribution in [0.5, 0.6) is 0 Å². The molecule has 0 aliphatic rings. The Hall–Kier alpha value is -3.21. The highest BCUT2D eigenvalue weighted by atomic mass is 16.2. The molecular weight excluding hydrogens is 300 g/mol. The molecule has 1 N–H and O–H groups in total. The van der Waals surface area contributed by atoms with Crippen molar-refractivity contribution in [2.75, 3.05) is 12.4 Å². The Morgan fingerprint density at radius 1 is 1.00 bits per heavy atom. The predicted molar refractivity (Wildman–Crippen MR) is 94.0 cm³/mol. The van der Waals surface area contributed by atoms with Gasteiger partial charge in [0.15, 0.2) is 0 Å². The lowest BCUT2D eigenvalue weighted by molar-refractivity contribution is 0.0779. The first-order valence-electron chi connectivity index (χ1n) is 7.66. The quantitative estimate of drug-likeness (QED) is 0.782. The fourth-order valence-electron chi connectivity index (χ4n) is 2.34. The summed E-state index contributed by atoms with van der Waals surface area (Å²) in [6.45, 7) is 0.533. The Morgan fingerprint density at radius 2 is 1.67 bits per heavy atom. The van der Waals surface area contributed by atoms with Crippen molar-refractivity contribution < 1.29 is 4.79 Å². The van der Waals surface area contributed by atoms with E-state index < -0.39 is 0 Å². The normalized spacial score (nSPS) is 10.2. The molecule has 0 unspecified atom stereocenters. The highest BCUT2D eigenvalue weighted by Crippen LogP contribution is 2.15. The van der Waals surface area contributed by atoms with Crippen LogP contribution in [0.4, 0.5) is 11.5 Å². The number of nitrogens with zero attached hydrogens (tertiary/aromatic N) is 3. The molecule has 0 saturated carbocycles. The number of amides is 1. The van der Waals surface area contributed by atoms with Crippen LogP contribution in [0.25, 0.3) is 0 Å². The lowest BCUT2D eigenvalue weighted by atomic mass is 10.2. The average Bonchev–Trinajstić information content (AvgIpc) is 2.63. The van der Waals surface area contributed by atoms with Crippen LogP contribution in [0.3, 0.4) is 0 Å². The van der Waals surface area contributed by atoms with Crippen molar-refractivity contribution in [3.63, 3.8) is 0 Å². The Morgan fingerprint density at radius 3 is 2.38 bits per heavy atom. The second-order valence-corrected chi connectivity index (χ2v) is 5.43. The van der Waals surface area contributed by atoms with Crippen LogP contribution >= 0.6 is 0 Å². The summed E-state index contributed by atoms with van der Waals surface area (Å²) in [6, 6.07) is 21.2. The first-order chi connectivity index (χ1) is 11.7. The van der Waals surface area contributed by atoms with E-state index in [0.717, 1.165) is 11.3 Å². The maximum atomic E-state index is 12.6. The van der Waals surface area contributed by atoms with Gasteiger partial charge in [0.25, 0.3) is 5.91 Å². The van der Waals surface area contributed by atoms with Gasteiger partial charge in [-0.25, -0.2) is 9.97 Å². The summed E-state index contributed by atoms with van der Waals surface area (Å²) in [5.41, 5.74) is 2.35. The zero-order chi connectivity index (χ0) is 16.8. The first-order valence-corrected chi connectivity index (χ1v) is 7.66. The van der Waals surface area contributed by atoms with E-state index in [4.69, 9.17) is 0 Å². The first kappa shape index (κ1) is 15.7. The number of hydrogen-bond donors (Lipinski definition) is 1. The SMILES string of the molecule is CN(Cc1ccccc1)C(=O)c1cc(Nc2ccccc2)ncn1. The van der Waals surface area contributed by atoms with Crippen LogP contribution in [0.1, 0.15) is 16.1 Å². The molecule has 3 rings (SSSR count). The molecule has 5 nitrogen and oxygen atoms in total. The summed E-state index contributed by atoms with van der Waals surface area (Å²) in [5.74, 6) is 0.449. The summed E-state index contributed by atoms with van der Waals surface area (Å²) in [6.07, 6.45) is 1.40. The summed E-state index contributed by atoms with van der Waals surface area (Å²) < 4.78 is 0. The van der Waals surface area contributed by atoms with Gasteiger partial charge < -0.3 is 10.2 Å². The molecule has 24 heavy (non-hydrogen) atoms. The summed E-state index contributed by atoms with van der Waals surface area (Å²) >= 11 is 0. The van der Waals surface area contributed by atoms with Crippen molar-refractivity contribution in [1.82, 2.24) is 14.9 Å². The largest absolute Gasteiger partial charge is 0.340 e. The zero-order valence-electron chi connectivity index (χ0n) is 13.4. The van der Waals surface area contributed by atoms with Crippen molar-refractivity contribution in [1.29, 1.82) is 0 Å². The predicted octanol–water partition coefficient (Wildman–Crippen LogP) is 3.49. The van der Waals surface area contributed by atoms with E-state index in [2.05, 4.69) is 15.3 Å². The molecule has 1 heterocycles.